The van der Waals surface area contributed by atoms with Crippen molar-refractivity contribution in [1.82, 2.24) is 10.2 Å². The van der Waals surface area contributed by atoms with Crippen LogP contribution in [0.4, 0.5) is 0 Å². The molecule has 0 aromatic rings. The largest absolute Gasteiger partial charge is 0.369 e. The predicted octanol–water partition coefficient (Wildman–Crippen LogP) is 0.0806. The maximum absolute atomic E-state index is 4.74. The van der Waals surface area contributed by atoms with Gasteiger partial charge in [0.25, 0.3) is 0 Å². The summed E-state index contributed by atoms with van der Waals surface area (Å²) in [5.41, 5.74) is 0. The lowest BCUT2D eigenvalue weighted by Gasteiger charge is -2.01. The van der Waals surface area contributed by atoms with Crippen molar-refractivity contribution >= 4 is 23.7 Å². The molecule has 0 aliphatic rings. The molecule has 0 aliphatic carbocycles. The Morgan fingerprint density at radius 3 is 2.56 bits per heavy atom. The summed E-state index contributed by atoms with van der Waals surface area (Å²) in [7, 11) is 5.53. The highest BCUT2D eigenvalue weighted by Gasteiger charge is 1.81. The molecule has 0 bridgehead atoms. The molecule has 0 fully saturated rings. The van der Waals surface area contributed by atoms with Crippen LogP contribution < -0.4 is 5.32 Å². The zero-order valence-corrected chi connectivity index (χ0v) is 6.70. The number of aliphatic imine (C=N–C) groups is 1. The highest BCUT2D eigenvalue weighted by atomic mass is 32.1. The van der Waals surface area contributed by atoms with Crippen molar-refractivity contribution in [3.8, 4) is 0 Å². The van der Waals surface area contributed by atoms with Gasteiger partial charge in [0, 0.05) is 21.1 Å². The van der Waals surface area contributed by atoms with Crippen LogP contribution in [0.2, 0.25) is 0 Å². The summed E-state index contributed by atoms with van der Waals surface area (Å²) in [6.45, 7) is 0. The van der Waals surface area contributed by atoms with Gasteiger partial charge in [-0.15, -0.1) is 0 Å². The van der Waals surface area contributed by atoms with E-state index in [4.69, 9.17) is 12.2 Å². The van der Waals surface area contributed by atoms with Crippen LogP contribution in [0.25, 0.3) is 0 Å². The maximum Gasteiger partial charge on any atom is 0.193 e. The molecule has 0 saturated heterocycles. The van der Waals surface area contributed by atoms with Crippen LogP contribution in [0.1, 0.15) is 0 Å². The maximum atomic E-state index is 4.74. The van der Waals surface area contributed by atoms with Gasteiger partial charge in [-0.25, -0.2) is 4.99 Å². The van der Waals surface area contributed by atoms with Gasteiger partial charge in [-0.2, -0.15) is 0 Å². The van der Waals surface area contributed by atoms with Crippen molar-refractivity contribution < 1.29 is 0 Å². The molecule has 0 radical (unpaired) electrons. The number of nitrogens with one attached hydrogen (secondary N) is 1. The number of hydrogen-bond donors (Lipinski definition) is 1. The lowest BCUT2D eigenvalue weighted by Crippen LogP contribution is -2.16. The summed E-state index contributed by atoms with van der Waals surface area (Å²) in [4.78, 5) is 5.69. The van der Waals surface area contributed by atoms with Gasteiger partial charge < -0.3 is 10.2 Å². The molecule has 3 nitrogen and oxygen atoms in total. The quantitative estimate of drug-likeness (QED) is 0.322. The normalized spacial score (nSPS) is 9.67. The average Bonchev–Trinajstić information content (AvgIpc) is 1.83. The molecular weight excluding hydrogens is 134 g/mol. The molecule has 0 rings (SSSR count). The van der Waals surface area contributed by atoms with Crippen LogP contribution >= 0.6 is 12.2 Å². The number of rotatable bonds is 1. The molecule has 1 N–H and O–H groups in total. The van der Waals surface area contributed by atoms with E-state index in [2.05, 4.69) is 10.3 Å². The Bertz CT molecular complexity index is 119. The molecule has 0 saturated carbocycles. The highest BCUT2D eigenvalue weighted by Crippen LogP contribution is 1.71. The second-order valence-corrected chi connectivity index (χ2v) is 2.15. The first-order chi connectivity index (χ1) is 4.16. The summed E-state index contributed by atoms with van der Waals surface area (Å²) in [5.74, 6) is 0. The SMILES string of the molecule is CNC(=S)/N=C\N(C)C. The molecule has 0 spiro atoms. The fourth-order valence-corrected chi connectivity index (χ4v) is 0.280. The minimum absolute atomic E-state index is 0.503. The summed E-state index contributed by atoms with van der Waals surface area (Å²) in [5, 5.41) is 3.23. The van der Waals surface area contributed by atoms with Crippen LogP contribution in [0, 0.1) is 0 Å². The third-order valence-electron chi connectivity index (χ3n) is 0.620. The van der Waals surface area contributed by atoms with E-state index in [1.165, 1.54) is 0 Å². The van der Waals surface area contributed by atoms with Gasteiger partial charge in [-0.3, -0.25) is 0 Å². The van der Waals surface area contributed by atoms with Gasteiger partial charge in [0.05, 0.1) is 6.34 Å². The number of thiocarbonyl (C=S) groups is 1. The fourth-order valence-electron chi connectivity index (χ4n) is 0.232. The van der Waals surface area contributed by atoms with Crippen LogP contribution in [0.5, 0.6) is 0 Å². The summed E-state index contributed by atoms with van der Waals surface area (Å²) in [6, 6.07) is 0. The van der Waals surface area contributed by atoms with E-state index in [0.29, 0.717) is 5.11 Å². The van der Waals surface area contributed by atoms with Crippen molar-refractivity contribution in [1.29, 1.82) is 0 Å². The van der Waals surface area contributed by atoms with Crippen LogP contribution in [-0.4, -0.2) is 37.5 Å². The van der Waals surface area contributed by atoms with E-state index in [1.807, 2.05) is 19.0 Å². The smallest absolute Gasteiger partial charge is 0.193 e. The highest BCUT2D eigenvalue weighted by molar-refractivity contribution is 7.80. The molecular formula is C5H11N3S. The van der Waals surface area contributed by atoms with E-state index in [0.717, 1.165) is 0 Å². The lowest BCUT2D eigenvalue weighted by atomic mass is 10.9. The third-order valence-corrected chi connectivity index (χ3v) is 0.929. The van der Waals surface area contributed by atoms with E-state index in [1.54, 1.807) is 13.4 Å². The lowest BCUT2D eigenvalue weighted by molar-refractivity contribution is 0.644. The zero-order valence-electron chi connectivity index (χ0n) is 5.88. The van der Waals surface area contributed by atoms with Gasteiger partial charge in [0.1, 0.15) is 0 Å². The molecule has 4 heteroatoms. The van der Waals surface area contributed by atoms with Crippen LogP contribution in [0.3, 0.4) is 0 Å². The molecule has 0 heterocycles. The number of hydrogen-bond acceptors (Lipinski definition) is 1. The van der Waals surface area contributed by atoms with E-state index >= 15 is 0 Å². The molecule has 0 aromatic carbocycles. The Kier molecular flexibility index (Phi) is 3.96. The van der Waals surface area contributed by atoms with E-state index in [9.17, 15) is 0 Å². The van der Waals surface area contributed by atoms with Crippen LogP contribution in [-0.2, 0) is 0 Å². The Morgan fingerprint density at radius 1 is 1.67 bits per heavy atom. The first kappa shape index (κ1) is 8.36. The Hall–Kier alpha value is -0.640. The Balaban J connectivity index is 3.57. The van der Waals surface area contributed by atoms with Gasteiger partial charge in [0.15, 0.2) is 5.11 Å². The summed E-state index contributed by atoms with van der Waals surface area (Å²) < 4.78 is 0. The first-order valence-electron chi connectivity index (χ1n) is 2.59. The van der Waals surface area contributed by atoms with Gasteiger partial charge in [0.2, 0.25) is 0 Å². The van der Waals surface area contributed by atoms with Gasteiger partial charge in [-0.05, 0) is 12.2 Å². The standard InChI is InChI=1S/C5H11N3S/c1-6-5(9)7-4-8(2)3/h4H,1-3H3,(H,6,9)/b7-4-. The zero-order chi connectivity index (χ0) is 7.28. The molecule has 52 valence electrons. The molecule has 0 atom stereocenters. The minimum atomic E-state index is 0.503. The molecule has 9 heavy (non-hydrogen) atoms. The van der Waals surface area contributed by atoms with E-state index in [-0.39, 0.29) is 0 Å². The molecule has 0 amide bonds. The van der Waals surface area contributed by atoms with E-state index < -0.39 is 0 Å². The van der Waals surface area contributed by atoms with Gasteiger partial charge >= 0.3 is 0 Å². The minimum Gasteiger partial charge on any atom is -0.369 e. The third kappa shape index (κ3) is 5.23. The van der Waals surface area contributed by atoms with Crippen LogP contribution in [0.15, 0.2) is 4.99 Å². The predicted molar refractivity (Wildman–Crippen MR) is 43.8 cm³/mol. The van der Waals surface area contributed by atoms with Crippen molar-refractivity contribution in [2.24, 2.45) is 4.99 Å². The Morgan fingerprint density at radius 2 is 2.22 bits per heavy atom. The Labute approximate surface area is 60.8 Å². The topological polar surface area (TPSA) is 27.6 Å². The van der Waals surface area contributed by atoms with Crippen molar-refractivity contribution in [3.05, 3.63) is 0 Å². The second kappa shape index (κ2) is 4.26. The van der Waals surface area contributed by atoms with Gasteiger partial charge in [-0.1, -0.05) is 0 Å². The average molecular weight is 145 g/mol. The monoisotopic (exact) mass is 145 g/mol. The van der Waals surface area contributed by atoms with Crippen molar-refractivity contribution in [2.75, 3.05) is 21.1 Å². The molecule has 0 aliphatic heterocycles. The number of nitrogens with zero attached hydrogens (tertiary/aromatic N) is 2. The van der Waals surface area contributed by atoms with Crippen molar-refractivity contribution in [2.45, 2.75) is 0 Å². The fraction of sp³-hybridized carbons (Fsp3) is 0.600. The molecule has 0 aromatic heterocycles. The second-order valence-electron chi connectivity index (χ2n) is 1.76. The summed E-state index contributed by atoms with van der Waals surface area (Å²) in [6.07, 6.45) is 1.65. The summed E-state index contributed by atoms with van der Waals surface area (Å²) >= 11 is 4.74. The van der Waals surface area contributed by atoms with Crippen molar-refractivity contribution in [3.63, 3.8) is 0 Å². The first-order valence-corrected chi connectivity index (χ1v) is 3.00. The molecule has 0 unspecified atom stereocenters.